The van der Waals surface area contributed by atoms with E-state index in [4.69, 9.17) is 13.9 Å². The Kier molecular flexibility index (Phi) is 6.27. The summed E-state index contributed by atoms with van der Waals surface area (Å²) in [5.74, 6) is -0.130. The van der Waals surface area contributed by atoms with Gasteiger partial charge in [0.25, 0.3) is 5.91 Å². The van der Waals surface area contributed by atoms with E-state index in [9.17, 15) is 14.0 Å². The van der Waals surface area contributed by atoms with Crippen molar-refractivity contribution in [3.8, 4) is 17.2 Å². The number of rotatable bonds is 4. The van der Waals surface area contributed by atoms with Crippen LogP contribution in [0, 0.1) is 12.7 Å². The summed E-state index contributed by atoms with van der Waals surface area (Å²) in [7, 11) is 0. The molecule has 0 radical (unpaired) electrons. The molecule has 10 heteroatoms. The quantitative estimate of drug-likeness (QED) is 0.688. The van der Waals surface area contributed by atoms with Crippen molar-refractivity contribution in [3.63, 3.8) is 0 Å². The molecule has 178 valence electrons. The van der Waals surface area contributed by atoms with Crippen LogP contribution in [0.25, 0.3) is 11.5 Å². The number of nitrogens with zero attached hydrogens (tertiary/aromatic N) is 4. The molecular formula is C23H29FN4O5. The van der Waals surface area contributed by atoms with Gasteiger partial charge in [0.2, 0.25) is 11.8 Å². The van der Waals surface area contributed by atoms with Gasteiger partial charge in [-0.2, -0.15) is 0 Å². The number of amides is 2. The first-order chi connectivity index (χ1) is 15.6. The summed E-state index contributed by atoms with van der Waals surface area (Å²) in [6.07, 6.45) is 0.758. The van der Waals surface area contributed by atoms with Crippen LogP contribution >= 0.6 is 0 Å². The Morgan fingerprint density at radius 3 is 2.48 bits per heavy atom. The SMILES string of the molecule is Cc1nnc(-c2ccc(O[C@H]3CCN(C4CCN(C(=O)OC(C)(C)C)CC4)C3=O)c(F)c2)o1. The van der Waals surface area contributed by atoms with E-state index in [1.807, 2.05) is 20.8 Å². The Labute approximate surface area is 191 Å². The van der Waals surface area contributed by atoms with Crippen molar-refractivity contribution < 1.29 is 27.9 Å². The molecular weight excluding hydrogens is 431 g/mol. The summed E-state index contributed by atoms with van der Waals surface area (Å²) < 4.78 is 31.1. The fourth-order valence-electron chi connectivity index (χ4n) is 4.13. The number of ether oxygens (including phenoxy) is 2. The molecule has 33 heavy (non-hydrogen) atoms. The average molecular weight is 461 g/mol. The maximum Gasteiger partial charge on any atom is 0.410 e. The van der Waals surface area contributed by atoms with Gasteiger partial charge in [-0.3, -0.25) is 4.79 Å². The van der Waals surface area contributed by atoms with Crippen molar-refractivity contribution in [2.45, 2.75) is 64.7 Å². The zero-order chi connectivity index (χ0) is 23.8. The van der Waals surface area contributed by atoms with Gasteiger partial charge in [0.05, 0.1) is 0 Å². The summed E-state index contributed by atoms with van der Waals surface area (Å²) in [4.78, 5) is 28.7. The van der Waals surface area contributed by atoms with E-state index in [0.29, 0.717) is 50.4 Å². The summed E-state index contributed by atoms with van der Waals surface area (Å²) in [6.45, 7) is 8.76. The minimum absolute atomic E-state index is 0.00920. The molecule has 0 aliphatic carbocycles. The number of carbonyl (C=O) groups is 2. The first-order valence-corrected chi connectivity index (χ1v) is 11.2. The molecule has 2 saturated heterocycles. The lowest BCUT2D eigenvalue weighted by Crippen LogP contribution is -2.49. The van der Waals surface area contributed by atoms with Crippen LogP contribution in [0.5, 0.6) is 5.75 Å². The molecule has 1 atom stereocenters. The largest absolute Gasteiger partial charge is 0.477 e. The normalized spacial score (nSPS) is 19.8. The molecule has 2 amide bonds. The third kappa shape index (κ3) is 5.26. The Morgan fingerprint density at radius 2 is 1.88 bits per heavy atom. The van der Waals surface area contributed by atoms with E-state index in [0.717, 1.165) is 0 Å². The topological polar surface area (TPSA) is 98.0 Å². The number of aryl methyl sites for hydroxylation is 1. The Balaban J connectivity index is 1.33. The molecule has 2 aromatic rings. The van der Waals surface area contributed by atoms with Gasteiger partial charge in [0.1, 0.15) is 5.60 Å². The van der Waals surface area contributed by atoms with E-state index in [-0.39, 0.29) is 29.7 Å². The molecule has 2 fully saturated rings. The molecule has 1 aromatic carbocycles. The van der Waals surface area contributed by atoms with Crippen LogP contribution in [0.3, 0.4) is 0 Å². The molecule has 1 aromatic heterocycles. The Hall–Kier alpha value is -3.17. The smallest absolute Gasteiger partial charge is 0.410 e. The monoisotopic (exact) mass is 460 g/mol. The highest BCUT2D eigenvalue weighted by molar-refractivity contribution is 5.83. The van der Waals surface area contributed by atoms with Gasteiger partial charge in [-0.1, -0.05) is 0 Å². The van der Waals surface area contributed by atoms with Gasteiger partial charge in [-0.15, -0.1) is 10.2 Å². The molecule has 0 unspecified atom stereocenters. The van der Waals surface area contributed by atoms with E-state index in [1.54, 1.807) is 22.8 Å². The number of hydrogen-bond donors (Lipinski definition) is 0. The van der Waals surface area contributed by atoms with Gasteiger partial charge in [-0.25, -0.2) is 9.18 Å². The van der Waals surface area contributed by atoms with Gasteiger partial charge in [0, 0.05) is 44.6 Å². The van der Waals surface area contributed by atoms with Crippen molar-refractivity contribution in [1.29, 1.82) is 0 Å². The maximum absolute atomic E-state index is 14.6. The lowest BCUT2D eigenvalue weighted by Gasteiger charge is -2.37. The highest BCUT2D eigenvalue weighted by Crippen LogP contribution is 2.29. The van der Waals surface area contributed by atoms with Gasteiger partial charge in [-0.05, 0) is 51.8 Å². The van der Waals surface area contributed by atoms with Crippen molar-refractivity contribution in [1.82, 2.24) is 20.0 Å². The molecule has 0 spiro atoms. The van der Waals surface area contributed by atoms with Gasteiger partial charge < -0.3 is 23.7 Å². The zero-order valence-electron chi connectivity index (χ0n) is 19.3. The van der Waals surface area contributed by atoms with Crippen LogP contribution in [-0.2, 0) is 9.53 Å². The van der Waals surface area contributed by atoms with Crippen molar-refractivity contribution in [2.75, 3.05) is 19.6 Å². The maximum atomic E-state index is 14.6. The summed E-state index contributed by atoms with van der Waals surface area (Å²) >= 11 is 0. The third-order valence-corrected chi connectivity index (χ3v) is 5.72. The van der Waals surface area contributed by atoms with Crippen LogP contribution < -0.4 is 4.74 Å². The zero-order valence-corrected chi connectivity index (χ0v) is 19.3. The van der Waals surface area contributed by atoms with Crippen LogP contribution in [0.15, 0.2) is 22.6 Å². The molecule has 0 N–H and O–H groups in total. The highest BCUT2D eigenvalue weighted by atomic mass is 19.1. The molecule has 0 bridgehead atoms. The molecule has 2 aliphatic heterocycles. The van der Waals surface area contributed by atoms with Crippen LogP contribution in [0.1, 0.15) is 45.9 Å². The Bertz CT molecular complexity index is 1030. The van der Waals surface area contributed by atoms with Crippen LogP contribution in [0.2, 0.25) is 0 Å². The number of likely N-dealkylation sites (tertiary alicyclic amines) is 2. The van der Waals surface area contributed by atoms with E-state index >= 15 is 0 Å². The minimum atomic E-state index is -0.736. The number of hydrogen-bond acceptors (Lipinski definition) is 7. The Morgan fingerprint density at radius 1 is 1.15 bits per heavy atom. The summed E-state index contributed by atoms with van der Waals surface area (Å²) in [5, 5.41) is 7.62. The van der Waals surface area contributed by atoms with Crippen LogP contribution in [-0.4, -0.2) is 69.4 Å². The number of carbonyl (C=O) groups excluding carboxylic acids is 2. The molecule has 9 nitrogen and oxygen atoms in total. The van der Waals surface area contributed by atoms with E-state index in [2.05, 4.69) is 10.2 Å². The van der Waals surface area contributed by atoms with Crippen molar-refractivity contribution in [3.05, 3.63) is 29.9 Å². The summed E-state index contributed by atoms with van der Waals surface area (Å²) in [6, 6.07) is 4.37. The second-order valence-electron chi connectivity index (χ2n) is 9.40. The molecule has 4 rings (SSSR count). The number of aromatic nitrogens is 2. The average Bonchev–Trinajstić information content (AvgIpc) is 3.34. The standard InChI is InChI=1S/C23H29FN4O5/c1-14-25-26-20(31-14)15-5-6-18(17(24)13-15)32-19-9-12-28(21(19)29)16-7-10-27(11-8-16)22(30)33-23(2,3)4/h5-6,13,16,19H,7-12H2,1-4H3/t19-/m0/s1. The van der Waals surface area contributed by atoms with Gasteiger partial charge in [0.15, 0.2) is 17.7 Å². The second-order valence-corrected chi connectivity index (χ2v) is 9.40. The molecule has 3 heterocycles. The lowest BCUT2D eigenvalue weighted by atomic mass is 10.0. The van der Waals surface area contributed by atoms with E-state index in [1.165, 1.54) is 12.1 Å². The predicted molar refractivity (Wildman–Crippen MR) is 116 cm³/mol. The molecule has 2 aliphatic rings. The van der Waals surface area contributed by atoms with Gasteiger partial charge >= 0.3 is 6.09 Å². The number of piperidine rings is 1. The predicted octanol–water partition coefficient (Wildman–Crippen LogP) is 3.56. The first-order valence-electron chi connectivity index (χ1n) is 11.2. The second kappa shape index (κ2) is 8.99. The third-order valence-electron chi connectivity index (χ3n) is 5.72. The summed E-state index contributed by atoms with van der Waals surface area (Å²) in [5.41, 5.74) is -0.0992. The number of halogens is 1. The van der Waals surface area contributed by atoms with Crippen LogP contribution in [0.4, 0.5) is 9.18 Å². The molecule has 0 saturated carbocycles. The van der Waals surface area contributed by atoms with E-state index < -0.39 is 17.5 Å². The number of benzene rings is 1. The minimum Gasteiger partial charge on any atom is -0.477 e. The fourth-order valence-corrected chi connectivity index (χ4v) is 4.13. The highest BCUT2D eigenvalue weighted by Gasteiger charge is 2.39. The van der Waals surface area contributed by atoms with Crippen molar-refractivity contribution in [2.24, 2.45) is 0 Å². The fraction of sp³-hybridized carbons (Fsp3) is 0.565. The lowest BCUT2D eigenvalue weighted by molar-refractivity contribution is -0.136. The first kappa shape index (κ1) is 23.0. The van der Waals surface area contributed by atoms with Crippen molar-refractivity contribution >= 4 is 12.0 Å².